The van der Waals surface area contributed by atoms with Gasteiger partial charge >= 0.3 is 6.03 Å². The second-order valence-corrected chi connectivity index (χ2v) is 8.75. The molecule has 10 heteroatoms. The van der Waals surface area contributed by atoms with Crippen molar-refractivity contribution in [1.82, 2.24) is 29.1 Å². The summed E-state index contributed by atoms with van der Waals surface area (Å²) >= 11 is 3.40. The third kappa shape index (κ3) is 3.84. The molecule has 0 bridgehead atoms. The van der Waals surface area contributed by atoms with Crippen molar-refractivity contribution in [3.8, 4) is 5.69 Å². The number of aliphatic hydroxyl groups is 1. The van der Waals surface area contributed by atoms with Crippen molar-refractivity contribution in [3.05, 3.63) is 51.6 Å². The number of piperidine rings is 1. The van der Waals surface area contributed by atoms with Crippen molar-refractivity contribution in [2.45, 2.75) is 25.0 Å². The molecule has 9 nitrogen and oxygen atoms in total. The molecule has 0 atom stereocenters. The Bertz CT molecular complexity index is 1130. The number of hydrogen-bond acceptors (Lipinski definition) is 5. The first-order valence-corrected chi connectivity index (χ1v) is 10.4. The number of benzene rings is 1. The molecule has 158 valence electrons. The molecule has 0 spiro atoms. The van der Waals surface area contributed by atoms with Gasteiger partial charge in [0.1, 0.15) is 11.7 Å². The molecule has 2 amide bonds. The number of halogens is 1. The summed E-state index contributed by atoms with van der Waals surface area (Å²) in [5, 5.41) is 15.7. The maximum Gasteiger partial charge on any atom is 0.319 e. The normalized spacial score (nSPS) is 16.1. The molecule has 0 unspecified atom stereocenters. The average molecular weight is 475 g/mol. The third-order valence-electron chi connectivity index (χ3n) is 5.44. The first-order valence-electron chi connectivity index (χ1n) is 9.65. The van der Waals surface area contributed by atoms with Gasteiger partial charge in [0.05, 0.1) is 24.0 Å². The van der Waals surface area contributed by atoms with Gasteiger partial charge in [-0.3, -0.25) is 9.36 Å². The zero-order valence-corrected chi connectivity index (χ0v) is 18.4. The molecule has 1 aromatic carbocycles. The molecule has 3 aromatic rings. The number of urea groups is 1. The van der Waals surface area contributed by atoms with Gasteiger partial charge in [-0.25, -0.2) is 14.5 Å². The fourth-order valence-corrected chi connectivity index (χ4v) is 3.97. The number of fused-ring (bicyclic) bond motifs is 1. The summed E-state index contributed by atoms with van der Waals surface area (Å²) < 4.78 is 4.00. The number of rotatable bonds is 3. The van der Waals surface area contributed by atoms with Gasteiger partial charge in [-0.1, -0.05) is 15.9 Å². The van der Waals surface area contributed by atoms with Crippen molar-refractivity contribution in [3.63, 3.8) is 0 Å². The van der Waals surface area contributed by atoms with Crippen molar-refractivity contribution in [2.75, 3.05) is 27.2 Å². The summed E-state index contributed by atoms with van der Waals surface area (Å²) in [5.41, 5.74) is -0.0424. The largest absolute Gasteiger partial charge is 0.388 e. The molecule has 1 N–H and O–H groups in total. The van der Waals surface area contributed by atoms with Gasteiger partial charge in [-0.15, -0.1) is 0 Å². The Hall–Kier alpha value is -2.72. The standard InChI is InChI=1S/C20H23BrN6O3/c1-24(2)19(29)25-9-7-20(30,8-10-25)12-26-13-22-17-16(18(26)28)11-23-27(17)15-5-3-14(21)4-6-15/h3-6,11,13,30H,7-10,12H2,1-2H3. The van der Waals surface area contributed by atoms with E-state index in [-0.39, 0.29) is 18.1 Å². The highest BCUT2D eigenvalue weighted by Crippen LogP contribution is 2.24. The minimum Gasteiger partial charge on any atom is -0.388 e. The van der Waals surface area contributed by atoms with Crippen LogP contribution in [0.1, 0.15) is 12.8 Å². The molecule has 1 fully saturated rings. The number of likely N-dealkylation sites (tertiary alicyclic amines) is 1. The fraction of sp³-hybridized carbons (Fsp3) is 0.400. The maximum absolute atomic E-state index is 13.0. The van der Waals surface area contributed by atoms with E-state index in [4.69, 9.17) is 0 Å². The third-order valence-corrected chi connectivity index (χ3v) is 5.97. The molecule has 0 aliphatic carbocycles. The van der Waals surface area contributed by atoms with E-state index in [0.717, 1.165) is 10.2 Å². The summed E-state index contributed by atoms with van der Waals surface area (Å²) in [6.07, 6.45) is 3.76. The van der Waals surface area contributed by atoms with Gasteiger partial charge in [-0.2, -0.15) is 5.10 Å². The van der Waals surface area contributed by atoms with Crippen LogP contribution < -0.4 is 5.56 Å². The summed E-state index contributed by atoms with van der Waals surface area (Å²) in [5.74, 6) is 0. The highest BCUT2D eigenvalue weighted by molar-refractivity contribution is 9.10. The van der Waals surface area contributed by atoms with E-state index in [0.29, 0.717) is 37.0 Å². The molecule has 1 aliphatic heterocycles. The lowest BCUT2D eigenvalue weighted by Crippen LogP contribution is -2.51. The van der Waals surface area contributed by atoms with Crippen LogP contribution >= 0.6 is 15.9 Å². The first-order chi connectivity index (χ1) is 14.3. The lowest BCUT2D eigenvalue weighted by Gasteiger charge is -2.39. The number of amides is 2. The minimum absolute atomic E-state index is 0.0716. The number of hydrogen-bond donors (Lipinski definition) is 1. The van der Waals surface area contributed by atoms with Crippen LogP contribution in [-0.4, -0.2) is 73.1 Å². The van der Waals surface area contributed by atoms with Crippen molar-refractivity contribution >= 4 is 33.0 Å². The molecule has 0 radical (unpaired) electrons. The number of nitrogens with zero attached hydrogens (tertiary/aromatic N) is 6. The van der Waals surface area contributed by atoms with Crippen LogP contribution in [0.3, 0.4) is 0 Å². The SMILES string of the molecule is CN(C)C(=O)N1CCC(O)(Cn2cnc3c(cnn3-c3ccc(Br)cc3)c2=O)CC1. The van der Waals surface area contributed by atoms with Crippen molar-refractivity contribution in [1.29, 1.82) is 0 Å². The van der Waals surface area contributed by atoms with Crippen molar-refractivity contribution < 1.29 is 9.90 Å². The van der Waals surface area contributed by atoms with Crippen LogP contribution in [-0.2, 0) is 6.54 Å². The van der Waals surface area contributed by atoms with Crippen LogP contribution in [0.25, 0.3) is 16.7 Å². The highest BCUT2D eigenvalue weighted by Gasteiger charge is 2.35. The Morgan fingerprint density at radius 1 is 1.23 bits per heavy atom. The van der Waals surface area contributed by atoms with Gasteiger partial charge in [-0.05, 0) is 37.1 Å². The number of carbonyl (C=O) groups is 1. The molecule has 2 aromatic heterocycles. The Morgan fingerprint density at radius 2 is 1.90 bits per heavy atom. The van der Waals surface area contributed by atoms with Gasteiger partial charge in [0.15, 0.2) is 5.65 Å². The second kappa shape index (κ2) is 7.84. The van der Waals surface area contributed by atoms with Crippen LogP contribution in [0.15, 0.2) is 46.1 Å². The van der Waals surface area contributed by atoms with E-state index in [1.54, 1.807) is 23.7 Å². The van der Waals surface area contributed by atoms with Crippen LogP contribution in [0, 0.1) is 0 Å². The molecular weight excluding hydrogens is 452 g/mol. The summed E-state index contributed by atoms with van der Waals surface area (Å²) in [6.45, 7) is 1.01. The summed E-state index contributed by atoms with van der Waals surface area (Å²) in [7, 11) is 3.41. The zero-order chi connectivity index (χ0) is 21.5. The Balaban J connectivity index is 1.56. The predicted molar refractivity (Wildman–Crippen MR) is 116 cm³/mol. The van der Waals surface area contributed by atoms with E-state index in [9.17, 15) is 14.7 Å². The van der Waals surface area contributed by atoms with E-state index in [1.165, 1.54) is 22.0 Å². The molecule has 3 heterocycles. The lowest BCUT2D eigenvalue weighted by atomic mass is 9.91. The lowest BCUT2D eigenvalue weighted by molar-refractivity contribution is -0.0282. The molecule has 1 aliphatic rings. The van der Waals surface area contributed by atoms with Crippen molar-refractivity contribution in [2.24, 2.45) is 0 Å². The average Bonchev–Trinajstić information content (AvgIpc) is 3.15. The fourth-order valence-electron chi connectivity index (χ4n) is 3.70. The smallest absolute Gasteiger partial charge is 0.319 e. The van der Waals surface area contributed by atoms with E-state index in [2.05, 4.69) is 26.0 Å². The number of aromatic nitrogens is 4. The molecule has 4 rings (SSSR count). The predicted octanol–water partition coefficient (Wildman–Crippen LogP) is 1.85. The van der Waals surface area contributed by atoms with E-state index in [1.807, 2.05) is 24.3 Å². The maximum atomic E-state index is 13.0. The summed E-state index contributed by atoms with van der Waals surface area (Å²) in [4.78, 5) is 32.7. The quantitative estimate of drug-likeness (QED) is 0.624. The van der Waals surface area contributed by atoms with Crippen LogP contribution in [0.2, 0.25) is 0 Å². The van der Waals surface area contributed by atoms with Gasteiger partial charge < -0.3 is 14.9 Å². The second-order valence-electron chi connectivity index (χ2n) is 7.84. The van der Waals surface area contributed by atoms with Crippen LogP contribution in [0.5, 0.6) is 0 Å². The molecular formula is C20H23BrN6O3. The Kier molecular flexibility index (Phi) is 5.37. The Labute approximate surface area is 181 Å². The monoisotopic (exact) mass is 474 g/mol. The molecule has 0 saturated carbocycles. The minimum atomic E-state index is -1.07. The topological polar surface area (TPSA) is 96.5 Å². The van der Waals surface area contributed by atoms with E-state index >= 15 is 0 Å². The Morgan fingerprint density at radius 3 is 2.53 bits per heavy atom. The van der Waals surface area contributed by atoms with E-state index < -0.39 is 5.60 Å². The summed E-state index contributed by atoms with van der Waals surface area (Å²) in [6, 6.07) is 7.49. The zero-order valence-electron chi connectivity index (χ0n) is 16.8. The van der Waals surface area contributed by atoms with Crippen LogP contribution in [0.4, 0.5) is 4.79 Å². The van der Waals surface area contributed by atoms with Gasteiger partial charge in [0, 0.05) is 31.7 Å². The number of carbonyl (C=O) groups excluding carboxylic acids is 1. The highest BCUT2D eigenvalue weighted by atomic mass is 79.9. The van der Waals surface area contributed by atoms with Gasteiger partial charge in [0.2, 0.25) is 0 Å². The first kappa shape index (κ1) is 20.5. The van der Waals surface area contributed by atoms with Gasteiger partial charge in [0.25, 0.3) is 5.56 Å². The molecule has 30 heavy (non-hydrogen) atoms. The molecule has 1 saturated heterocycles.